The average Bonchev–Trinajstić information content (AvgIpc) is 3.09. The van der Waals surface area contributed by atoms with E-state index in [2.05, 4.69) is 21.4 Å². The monoisotopic (exact) mass is 367 g/mol. The van der Waals surface area contributed by atoms with Gasteiger partial charge in [-0.15, -0.1) is 0 Å². The van der Waals surface area contributed by atoms with E-state index in [4.69, 9.17) is 16.3 Å². The fourth-order valence-corrected chi connectivity index (χ4v) is 3.54. The van der Waals surface area contributed by atoms with Crippen LogP contribution in [0.4, 0.5) is 0 Å². The van der Waals surface area contributed by atoms with Gasteiger partial charge >= 0.3 is 0 Å². The third kappa shape index (κ3) is 3.54. The van der Waals surface area contributed by atoms with Gasteiger partial charge in [-0.25, -0.2) is 0 Å². The molecule has 0 bridgehead atoms. The number of nitrogens with zero attached hydrogens (tertiary/aromatic N) is 2. The number of rotatable bonds is 4. The molecule has 0 saturated carbocycles. The van der Waals surface area contributed by atoms with Gasteiger partial charge in [0.15, 0.2) is 0 Å². The van der Waals surface area contributed by atoms with Gasteiger partial charge in [-0.05, 0) is 30.2 Å². The zero-order valence-corrected chi connectivity index (χ0v) is 14.8. The fourth-order valence-electron chi connectivity index (χ4n) is 3.36. The molecule has 2 aromatic heterocycles. The Kier molecular flexibility index (Phi) is 4.82. The number of hydrogen-bond donors (Lipinski definition) is 1. The van der Waals surface area contributed by atoms with Crippen molar-refractivity contribution in [3.05, 3.63) is 71.1 Å². The fraction of sp³-hybridized carbons (Fsp3) is 0.250. The Balaban J connectivity index is 1.51. The van der Waals surface area contributed by atoms with Crippen LogP contribution in [0.5, 0.6) is 0 Å². The standard InChI is InChI=1S/C20H18ClN3O2/c21-16-8-14(9-22-10-16)20(25)24-19-12-26-11-15(19)7-13-5-6-23-18-4-2-1-3-17(13)18/h1-6,8-10,15,19H,7,11-12H2,(H,24,25)/t15-,19+/m1/s1. The first-order chi connectivity index (χ1) is 12.7. The van der Waals surface area contributed by atoms with Crippen LogP contribution in [0.1, 0.15) is 15.9 Å². The van der Waals surface area contributed by atoms with Crippen LogP contribution in [0, 0.1) is 5.92 Å². The summed E-state index contributed by atoms with van der Waals surface area (Å²) in [5.74, 6) is 0.0250. The molecule has 1 aliphatic rings. The van der Waals surface area contributed by atoms with Gasteiger partial charge in [-0.3, -0.25) is 14.8 Å². The van der Waals surface area contributed by atoms with Gasteiger partial charge in [-0.2, -0.15) is 0 Å². The van der Waals surface area contributed by atoms with E-state index in [-0.39, 0.29) is 17.9 Å². The van der Waals surface area contributed by atoms with Crippen LogP contribution >= 0.6 is 11.6 Å². The van der Waals surface area contributed by atoms with E-state index in [1.807, 2.05) is 30.5 Å². The number of para-hydroxylation sites is 1. The summed E-state index contributed by atoms with van der Waals surface area (Å²) < 4.78 is 5.64. The van der Waals surface area contributed by atoms with Gasteiger partial charge in [0.2, 0.25) is 0 Å². The smallest absolute Gasteiger partial charge is 0.253 e. The summed E-state index contributed by atoms with van der Waals surface area (Å²) in [5, 5.41) is 4.65. The van der Waals surface area contributed by atoms with Crippen LogP contribution in [0.15, 0.2) is 55.0 Å². The normalized spacial score (nSPS) is 19.6. The molecule has 26 heavy (non-hydrogen) atoms. The Morgan fingerprint density at radius 2 is 2.12 bits per heavy atom. The molecule has 0 radical (unpaired) electrons. The number of benzene rings is 1. The van der Waals surface area contributed by atoms with Gasteiger partial charge in [0, 0.05) is 29.9 Å². The molecule has 3 aromatic rings. The second kappa shape index (κ2) is 7.40. The molecule has 6 heteroatoms. The SMILES string of the molecule is O=C(N[C@H]1COC[C@H]1Cc1ccnc2ccccc12)c1cncc(Cl)c1. The molecule has 1 aromatic carbocycles. The highest BCUT2D eigenvalue weighted by molar-refractivity contribution is 6.30. The molecule has 4 rings (SSSR count). The largest absolute Gasteiger partial charge is 0.379 e. The van der Waals surface area contributed by atoms with Crippen molar-refractivity contribution in [3.8, 4) is 0 Å². The number of amides is 1. The van der Waals surface area contributed by atoms with Crippen molar-refractivity contribution in [1.82, 2.24) is 15.3 Å². The lowest BCUT2D eigenvalue weighted by molar-refractivity contribution is 0.0924. The van der Waals surface area contributed by atoms with E-state index in [1.54, 1.807) is 6.07 Å². The van der Waals surface area contributed by atoms with Crippen molar-refractivity contribution in [1.29, 1.82) is 0 Å². The number of carbonyl (C=O) groups is 1. The Morgan fingerprint density at radius 1 is 1.23 bits per heavy atom. The lowest BCUT2D eigenvalue weighted by Crippen LogP contribution is -2.40. The third-order valence-electron chi connectivity index (χ3n) is 4.70. The number of aromatic nitrogens is 2. The maximum Gasteiger partial charge on any atom is 0.253 e. The second-order valence-corrected chi connectivity index (χ2v) is 6.90. The zero-order valence-electron chi connectivity index (χ0n) is 14.1. The lowest BCUT2D eigenvalue weighted by atomic mass is 9.93. The predicted molar refractivity (Wildman–Crippen MR) is 100 cm³/mol. The lowest BCUT2D eigenvalue weighted by Gasteiger charge is -2.20. The summed E-state index contributed by atoms with van der Waals surface area (Å²) in [7, 11) is 0. The average molecular weight is 368 g/mol. The van der Waals surface area contributed by atoms with E-state index in [1.165, 1.54) is 18.0 Å². The molecule has 3 heterocycles. The van der Waals surface area contributed by atoms with E-state index < -0.39 is 0 Å². The molecule has 1 saturated heterocycles. The minimum absolute atomic E-state index is 0.0478. The van der Waals surface area contributed by atoms with Crippen LogP contribution in [0.3, 0.4) is 0 Å². The zero-order chi connectivity index (χ0) is 17.9. The summed E-state index contributed by atoms with van der Waals surface area (Å²) in [5.41, 5.74) is 2.65. The van der Waals surface area contributed by atoms with Gasteiger partial charge in [0.25, 0.3) is 5.91 Å². The summed E-state index contributed by atoms with van der Waals surface area (Å²) in [6, 6.07) is 11.7. The summed E-state index contributed by atoms with van der Waals surface area (Å²) in [6.07, 6.45) is 5.68. The Hall–Kier alpha value is -2.50. The number of pyridine rings is 2. The maximum atomic E-state index is 12.5. The minimum atomic E-state index is -0.180. The summed E-state index contributed by atoms with van der Waals surface area (Å²) in [6.45, 7) is 1.13. The molecule has 5 nitrogen and oxygen atoms in total. The summed E-state index contributed by atoms with van der Waals surface area (Å²) >= 11 is 5.92. The number of hydrogen-bond acceptors (Lipinski definition) is 4. The first kappa shape index (κ1) is 16.9. The highest BCUT2D eigenvalue weighted by atomic mass is 35.5. The second-order valence-electron chi connectivity index (χ2n) is 6.46. The molecule has 132 valence electrons. The molecular formula is C20H18ClN3O2. The van der Waals surface area contributed by atoms with E-state index in [0.29, 0.717) is 23.8 Å². The molecule has 2 atom stereocenters. The molecule has 1 N–H and O–H groups in total. The number of halogens is 1. The van der Waals surface area contributed by atoms with Crippen LogP contribution in [0.25, 0.3) is 10.9 Å². The number of nitrogens with one attached hydrogen (secondary N) is 1. The molecule has 0 unspecified atom stereocenters. The van der Waals surface area contributed by atoms with Crippen LogP contribution in [-0.4, -0.2) is 35.1 Å². The van der Waals surface area contributed by atoms with Crippen LogP contribution in [0.2, 0.25) is 5.02 Å². The molecule has 0 aliphatic carbocycles. The predicted octanol–water partition coefficient (Wildman–Crippen LogP) is 3.27. The molecule has 1 fully saturated rings. The molecular weight excluding hydrogens is 350 g/mol. The highest BCUT2D eigenvalue weighted by Gasteiger charge is 2.30. The van der Waals surface area contributed by atoms with Crippen LogP contribution in [-0.2, 0) is 11.2 Å². The van der Waals surface area contributed by atoms with Crippen molar-refractivity contribution >= 4 is 28.4 Å². The van der Waals surface area contributed by atoms with E-state index >= 15 is 0 Å². The van der Waals surface area contributed by atoms with Crippen molar-refractivity contribution < 1.29 is 9.53 Å². The number of ether oxygens (including phenoxy) is 1. The summed E-state index contributed by atoms with van der Waals surface area (Å²) in [4.78, 5) is 20.9. The van der Waals surface area contributed by atoms with Gasteiger partial charge in [-0.1, -0.05) is 29.8 Å². The first-order valence-electron chi connectivity index (χ1n) is 8.52. The molecule has 0 spiro atoms. The van der Waals surface area contributed by atoms with Gasteiger partial charge in [0.05, 0.1) is 35.4 Å². The van der Waals surface area contributed by atoms with Gasteiger partial charge in [0.1, 0.15) is 0 Å². The van der Waals surface area contributed by atoms with E-state index in [9.17, 15) is 4.79 Å². The van der Waals surface area contributed by atoms with Crippen molar-refractivity contribution in [2.24, 2.45) is 5.92 Å². The Bertz CT molecular complexity index is 942. The number of fused-ring (bicyclic) bond motifs is 1. The quantitative estimate of drug-likeness (QED) is 0.768. The number of carbonyl (C=O) groups excluding carboxylic acids is 1. The third-order valence-corrected chi connectivity index (χ3v) is 4.91. The van der Waals surface area contributed by atoms with Crippen molar-refractivity contribution in [2.75, 3.05) is 13.2 Å². The van der Waals surface area contributed by atoms with Gasteiger partial charge < -0.3 is 10.1 Å². The maximum absolute atomic E-state index is 12.5. The van der Waals surface area contributed by atoms with Crippen molar-refractivity contribution in [2.45, 2.75) is 12.5 Å². The van der Waals surface area contributed by atoms with Crippen molar-refractivity contribution in [3.63, 3.8) is 0 Å². The van der Waals surface area contributed by atoms with Crippen LogP contribution < -0.4 is 5.32 Å². The van der Waals surface area contributed by atoms with E-state index in [0.717, 1.165) is 17.3 Å². The topological polar surface area (TPSA) is 64.1 Å². The Labute approximate surface area is 156 Å². The molecule has 1 aliphatic heterocycles. The molecule has 1 amide bonds. The highest BCUT2D eigenvalue weighted by Crippen LogP contribution is 2.24. The Morgan fingerprint density at radius 3 is 3.00 bits per heavy atom. The first-order valence-corrected chi connectivity index (χ1v) is 8.90. The minimum Gasteiger partial charge on any atom is -0.379 e.